The number of nitrogens with one attached hydrogen (secondary N) is 1. The van der Waals surface area contributed by atoms with Crippen LogP contribution in [0, 0.1) is 0 Å². The van der Waals surface area contributed by atoms with Gasteiger partial charge in [0.15, 0.2) is 0 Å². The molecule has 3 N–H and O–H groups in total. The fraction of sp³-hybridized carbons (Fsp3) is 0.438. The number of urea groups is 1. The third kappa shape index (κ3) is 4.45. The maximum absolute atomic E-state index is 12.4. The third-order valence-electron chi connectivity index (χ3n) is 3.78. The lowest BCUT2D eigenvalue weighted by molar-refractivity contribution is -0.132. The molecule has 124 valence electrons. The topological polar surface area (TPSA) is 95.7 Å². The molecule has 0 spiro atoms. The number of nitrogens with zero attached hydrogens (tertiary/aromatic N) is 2. The van der Waals surface area contributed by atoms with Crippen LogP contribution >= 0.6 is 0 Å². The number of nitrogens with two attached hydrogens (primary N) is 1. The smallest absolute Gasteiger partial charge is 0.316 e. The van der Waals surface area contributed by atoms with Crippen LogP contribution in [0.1, 0.15) is 30.1 Å². The number of carbonyl (C=O) groups is 3. The summed E-state index contributed by atoms with van der Waals surface area (Å²) in [6, 6.07) is 5.94. The molecule has 1 aliphatic rings. The molecule has 0 aliphatic carbocycles. The van der Waals surface area contributed by atoms with E-state index >= 15 is 0 Å². The van der Waals surface area contributed by atoms with Crippen molar-refractivity contribution in [3.05, 3.63) is 29.8 Å². The minimum absolute atomic E-state index is 0.0711. The van der Waals surface area contributed by atoms with Gasteiger partial charge in [0.2, 0.25) is 5.91 Å². The predicted octanol–water partition coefficient (Wildman–Crippen LogP) is 1.26. The van der Waals surface area contributed by atoms with Gasteiger partial charge in [-0.15, -0.1) is 0 Å². The molecule has 4 amide bonds. The Kier molecular flexibility index (Phi) is 5.56. The molecule has 1 aromatic carbocycles. The Morgan fingerprint density at radius 1 is 1.04 bits per heavy atom. The number of anilines is 1. The van der Waals surface area contributed by atoms with E-state index in [9.17, 15) is 14.4 Å². The number of amides is 4. The lowest BCUT2D eigenvalue weighted by Crippen LogP contribution is -2.50. The molecule has 1 heterocycles. The average molecular weight is 318 g/mol. The van der Waals surface area contributed by atoms with Crippen LogP contribution in [-0.4, -0.2) is 53.8 Å². The molecule has 1 saturated heterocycles. The van der Waals surface area contributed by atoms with Gasteiger partial charge in [-0.05, 0) is 30.7 Å². The van der Waals surface area contributed by atoms with E-state index < -0.39 is 6.03 Å². The molecule has 1 fully saturated rings. The first kappa shape index (κ1) is 16.8. The van der Waals surface area contributed by atoms with E-state index in [1.54, 1.807) is 29.2 Å². The Morgan fingerprint density at radius 2 is 1.61 bits per heavy atom. The van der Waals surface area contributed by atoms with Crippen LogP contribution in [0.3, 0.4) is 0 Å². The zero-order valence-electron chi connectivity index (χ0n) is 13.2. The molecule has 2 rings (SSSR count). The van der Waals surface area contributed by atoms with Gasteiger partial charge in [-0.3, -0.25) is 9.59 Å². The van der Waals surface area contributed by atoms with Crippen molar-refractivity contribution >= 4 is 23.5 Å². The molecule has 0 atom stereocenters. The summed E-state index contributed by atoms with van der Waals surface area (Å²) >= 11 is 0. The van der Waals surface area contributed by atoms with Crippen LogP contribution in [0.15, 0.2) is 24.3 Å². The number of carbonyl (C=O) groups excluding carboxylic acids is 3. The van der Waals surface area contributed by atoms with Crippen molar-refractivity contribution in [3.8, 4) is 0 Å². The number of benzene rings is 1. The Hall–Kier alpha value is -2.57. The highest BCUT2D eigenvalue weighted by Crippen LogP contribution is 2.13. The second-order valence-electron chi connectivity index (χ2n) is 5.49. The average Bonchev–Trinajstić information content (AvgIpc) is 2.55. The molecule has 7 heteroatoms. The number of piperazine rings is 1. The second-order valence-corrected chi connectivity index (χ2v) is 5.49. The van der Waals surface area contributed by atoms with Crippen LogP contribution in [0.25, 0.3) is 0 Å². The Labute approximate surface area is 135 Å². The van der Waals surface area contributed by atoms with E-state index in [1.165, 1.54) is 0 Å². The molecule has 0 saturated carbocycles. The quantitative estimate of drug-likeness (QED) is 0.875. The predicted molar refractivity (Wildman–Crippen MR) is 87.0 cm³/mol. The molecule has 0 unspecified atom stereocenters. The Balaban J connectivity index is 1.92. The lowest BCUT2D eigenvalue weighted by Gasteiger charge is -2.34. The Morgan fingerprint density at radius 3 is 2.13 bits per heavy atom. The van der Waals surface area contributed by atoms with Crippen LogP contribution in [0.2, 0.25) is 0 Å². The SMILES string of the molecule is CCCC(=O)N1CCN(C(=O)c2ccc(NC(N)=O)cc2)CC1. The molecule has 1 aromatic rings. The Bertz CT molecular complexity index is 577. The van der Waals surface area contributed by atoms with Crippen molar-refractivity contribution in [2.75, 3.05) is 31.5 Å². The maximum atomic E-state index is 12.4. The van der Waals surface area contributed by atoms with Crippen molar-refractivity contribution in [2.24, 2.45) is 5.73 Å². The van der Waals surface area contributed by atoms with E-state index in [4.69, 9.17) is 5.73 Å². The van der Waals surface area contributed by atoms with Gasteiger partial charge in [0, 0.05) is 43.9 Å². The van der Waals surface area contributed by atoms with E-state index in [-0.39, 0.29) is 11.8 Å². The summed E-state index contributed by atoms with van der Waals surface area (Å²) in [6.45, 7) is 4.21. The van der Waals surface area contributed by atoms with E-state index in [1.807, 2.05) is 11.8 Å². The van der Waals surface area contributed by atoms with Gasteiger partial charge in [0.1, 0.15) is 0 Å². The first-order valence-corrected chi connectivity index (χ1v) is 7.75. The minimum Gasteiger partial charge on any atom is -0.351 e. The van der Waals surface area contributed by atoms with Gasteiger partial charge in [-0.25, -0.2) is 4.79 Å². The van der Waals surface area contributed by atoms with Gasteiger partial charge in [0.25, 0.3) is 5.91 Å². The van der Waals surface area contributed by atoms with Crippen molar-refractivity contribution < 1.29 is 14.4 Å². The summed E-state index contributed by atoms with van der Waals surface area (Å²) < 4.78 is 0. The van der Waals surface area contributed by atoms with Crippen LogP contribution < -0.4 is 11.1 Å². The zero-order chi connectivity index (χ0) is 16.8. The number of rotatable bonds is 4. The lowest BCUT2D eigenvalue weighted by atomic mass is 10.1. The largest absolute Gasteiger partial charge is 0.351 e. The van der Waals surface area contributed by atoms with Crippen molar-refractivity contribution in [3.63, 3.8) is 0 Å². The summed E-state index contributed by atoms with van der Waals surface area (Å²) in [5.74, 6) is 0.0830. The summed E-state index contributed by atoms with van der Waals surface area (Å²) in [4.78, 5) is 38.6. The summed E-state index contributed by atoms with van der Waals surface area (Å²) in [5, 5.41) is 2.45. The molecule has 0 radical (unpaired) electrons. The van der Waals surface area contributed by atoms with E-state index in [2.05, 4.69) is 5.32 Å². The highest BCUT2D eigenvalue weighted by molar-refractivity contribution is 5.95. The monoisotopic (exact) mass is 318 g/mol. The van der Waals surface area contributed by atoms with Gasteiger partial charge < -0.3 is 20.9 Å². The van der Waals surface area contributed by atoms with Crippen LogP contribution in [0.5, 0.6) is 0 Å². The highest BCUT2D eigenvalue weighted by atomic mass is 16.2. The van der Waals surface area contributed by atoms with Crippen molar-refractivity contribution in [1.29, 1.82) is 0 Å². The molecule has 23 heavy (non-hydrogen) atoms. The van der Waals surface area contributed by atoms with E-state index in [0.29, 0.717) is 43.9 Å². The van der Waals surface area contributed by atoms with Crippen LogP contribution in [-0.2, 0) is 4.79 Å². The standard InChI is InChI=1S/C16H22N4O3/c1-2-3-14(21)19-8-10-20(11-9-19)15(22)12-4-6-13(7-5-12)18-16(17)23/h4-7H,2-3,8-11H2,1H3,(H3,17,18,23). The number of hydrogen-bond acceptors (Lipinski definition) is 3. The first-order valence-electron chi connectivity index (χ1n) is 7.75. The van der Waals surface area contributed by atoms with Gasteiger partial charge >= 0.3 is 6.03 Å². The maximum Gasteiger partial charge on any atom is 0.316 e. The molecular weight excluding hydrogens is 296 g/mol. The highest BCUT2D eigenvalue weighted by Gasteiger charge is 2.24. The number of hydrogen-bond donors (Lipinski definition) is 2. The summed E-state index contributed by atoms with van der Waals surface area (Å²) in [6.07, 6.45) is 1.39. The molecule has 0 aromatic heterocycles. The molecule has 1 aliphatic heterocycles. The first-order chi connectivity index (χ1) is 11.0. The third-order valence-corrected chi connectivity index (χ3v) is 3.78. The molecule has 0 bridgehead atoms. The number of primary amides is 1. The van der Waals surface area contributed by atoms with Crippen LogP contribution in [0.4, 0.5) is 10.5 Å². The molecule has 7 nitrogen and oxygen atoms in total. The van der Waals surface area contributed by atoms with Crippen molar-refractivity contribution in [2.45, 2.75) is 19.8 Å². The van der Waals surface area contributed by atoms with Gasteiger partial charge in [0.05, 0.1) is 0 Å². The minimum atomic E-state index is -0.642. The van der Waals surface area contributed by atoms with Gasteiger partial charge in [-0.2, -0.15) is 0 Å². The second kappa shape index (κ2) is 7.62. The normalized spacial score (nSPS) is 14.5. The fourth-order valence-electron chi connectivity index (χ4n) is 2.55. The van der Waals surface area contributed by atoms with E-state index in [0.717, 1.165) is 6.42 Å². The zero-order valence-corrected chi connectivity index (χ0v) is 13.2. The summed E-state index contributed by atoms with van der Waals surface area (Å²) in [5.41, 5.74) is 6.14. The summed E-state index contributed by atoms with van der Waals surface area (Å²) in [7, 11) is 0. The van der Waals surface area contributed by atoms with Gasteiger partial charge in [-0.1, -0.05) is 6.92 Å². The van der Waals surface area contributed by atoms with Crippen molar-refractivity contribution in [1.82, 2.24) is 9.80 Å². The molecular formula is C16H22N4O3. The fourth-order valence-corrected chi connectivity index (χ4v) is 2.55.